The summed E-state index contributed by atoms with van der Waals surface area (Å²) in [5.74, 6) is -3.15. The normalized spacial score (nSPS) is 16.6. The van der Waals surface area contributed by atoms with Crippen LogP contribution in [-0.2, 0) is 31.6 Å². The number of amides is 3. The average molecular weight is 646 g/mol. The monoisotopic (exact) mass is 645 g/mol. The Hall–Kier alpha value is -4.20. The molecule has 13 heteroatoms. The van der Waals surface area contributed by atoms with Crippen LogP contribution < -0.4 is 16.4 Å². The first-order valence-corrected chi connectivity index (χ1v) is 15.0. The minimum atomic E-state index is -2.85. The number of nitrogens with two attached hydrogens (primary N) is 1. The van der Waals surface area contributed by atoms with Gasteiger partial charge in [0.05, 0.1) is 26.0 Å². The Labute approximate surface area is 266 Å². The van der Waals surface area contributed by atoms with Crippen molar-refractivity contribution in [2.75, 3.05) is 33.9 Å². The number of carbonyl (C=O) groups excluding carboxylic acids is 3. The molecule has 2 heterocycles. The molecule has 0 bridgehead atoms. The zero-order chi connectivity index (χ0) is 33.6. The molecule has 244 valence electrons. The van der Waals surface area contributed by atoms with Gasteiger partial charge in [-0.1, -0.05) is 48.0 Å². The molecule has 2 unspecified atom stereocenters. The third kappa shape index (κ3) is 9.64. The molecule has 3 amide bonds. The minimum absolute atomic E-state index is 0.100. The van der Waals surface area contributed by atoms with Gasteiger partial charge >= 0.3 is 0 Å². The Morgan fingerprint density at radius 2 is 1.80 bits per heavy atom. The van der Waals surface area contributed by atoms with E-state index in [1.165, 1.54) is 22.6 Å². The molecule has 0 saturated carbocycles. The van der Waals surface area contributed by atoms with E-state index in [1.807, 2.05) is 31.4 Å². The van der Waals surface area contributed by atoms with Crippen LogP contribution in [0.4, 0.5) is 8.78 Å². The molecule has 3 aromatic rings. The van der Waals surface area contributed by atoms with Gasteiger partial charge in [-0.25, -0.2) is 0 Å². The summed E-state index contributed by atoms with van der Waals surface area (Å²) in [6.45, 7) is 5.24. The molecule has 5 rings (SSSR count). The largest absolute Gasteiger partial charge is 0.400 e. The number of thiophene rings is 1. The third-order valence-electron chi connectivity index (χ3n) is 7.04. The van der Waals surface area contributed by atoms with Crippen LogP contribution in [-0.4, -0.2) is 74.5 Å². The topological polar surface area (TPSA) is 158 Å². The molecule has 2 aromatic carbocycles. The summed E-state index contributed by atoms with van der Waals surface area (Å²) in [6.07, 6.45) is 1.80. The zero-order valence-electron chi connectivity index (χ0n) is 25.8. The number of aliphatic hydroxyl groups is 1. The quantitative estimate of drug-likeness (QED) is 0.143. The van der Waals surface area contributed by atoms with Gasteiger partial charge in [-0.15, -0.1) is 11.3 Å². The van der Waals surface area contributed by atoms with Crippen molar-refractivity contribution in [3.8, 4) is 11.1 Å². The van der Waals surface area contributed by atoms with Crippen LogP contribution in [0, 0.1) is 25.2 Å². The highest BCUT2D eigenvalue weighted by Gasteiger charge is 2.44. The Bertz CT molecular complexity index is 1430. The summed E-state index contributed by atoms with van der Waals surface area (Å²) in [5, 5.41) is 20.2. The standard InChI is InChI=1S/C16H23N3O4S.C14H10F2.CH4N2.CH4O/c1-11-3-13(24-9-11)5-18-16(22)14-4-12(8-23-2)7-19(14)15(21)6-17-10-20;1-9-6-7-13-11(8-9)10-4-2-3-5-12(10)14(13,15)16;2-1-3;1-2/h3,9-10,12,14H,4-8H2,1-2H3,(H,17,20)(H,18,22);2-8H,1H3;1H,(H3,2,3);2H,1H3. The van der Waals surface area contributed by atoms with Gasteiger partial charge in [-0.2, -0.15) is 8.78 Å². The van der Waals surface area contributed by atoms with Gasteiger partial charge < -0.3 is 31.1 Å². The van der Waals surface area contributed by atoms with Crippen molar-refractivity contribution in [1.82, 2.24) is 15.5 Å². The number of alkyl halides is 2. The smallest absolute Gasteiger partial charge is 0.299 e. The second kappa shape index (κ2) is 17.9. The van der Waals surface area contributed by atoms with E-state index in [0.717, 1.165) is 23.9 Å². The predicted octanol–water partition coefficient (Wildman–Crippen LogP) is 3.56. The average Bonchev–Trinajstić information content (AvgIpc) is 3.71. The zero-order valence-corrected chi connectivity index (χ0v) is 26.6. The molecule has 1 aliphatic heterocycles. The fraction of sp³-hybridized carbons (Fsp3) is 0.375. The number of methoxy groups -OCH3 is 1. The molecule has 1 fully saturated rings. The maximum absolute atomic E-state index is 14.1. The number of benzene rings is 2. The molecular formula is C32H41F2N5O5S. The molecule has 10 nitrogen and oxygen atoms in total. The van der Waals surface area contributed by atoms with Crippen LogP contribution in [0.2, 0.25) is 0 Å². The number of halogens is 2. The van der Waals surface area contributed by atoms with E-state index < -0.39 is 12.0 Å². The maximum Gasteiger partial charge on any atom is 0.299 e. The summed E-state index contributed by atoms with van der Waals surface area (Å²) in [5.41, 5.74) is 8.13. The van der Waals surface area contributed by atoms with Gasteiger partial charge in [0.2, 0.25) is 18.2 Å². The molecule has 0 radical (unpaired) electrons. The second-order valence-corrected chi connectivity index (χ2v) is 11.3. The molecule has 45 heavy (non-hydrogen) atoms. The lowest BCUT2D eigenvalue weighted by Crippen LogP contribution is -2.48. The summed E-state index contributed by atoms with van der Waals surface area (Å²) >= 11 is 1.60. The molecule has 0 spiro atoms. The lowest BCUT2D eigenvalue weighted by atomic mass is 10.0. The van der Waals surface area contributed by atoms with Crippen molar-refractivity contribution in [1.29, 1.82) is 5.41 Å². The van der Waals surface area contributed by atoms with E-state index in [9.17, 15) is 23.2 Å². The number of rotatable bonds is 8. The highest BCUT2D eigenvalue weighted by atomic mass is 32.1. The number of hydrogen-bond donors (Lipinski definition) is 5. The van der Waals surface area contributed by atoms with E-state index in [2.05, 4.69) is 16.4 Å². The Morgan fingerprint density at radius 1 is 1.13 bits per heavy atom. The summed E-state index contributed by atoms with van der Waals surface area (Å²) in [6, 6.07) is 13.3. The van der Waals surface area contributed by atoms with Crippen LogP contribution in [0.15, 0.2) is 53.9 Å². The van der Waals surface area contributed by atoms with Crippen molar-refractivity contribution in [3.05, 3.63) is 81.0 Å². The number of aliphatic hydroxyl groups excluding tert-OH is 1. The number of nitrogens with one attached hydrogen (secondary N) is 3. The molecule has 1 aromatic heterocycles. The second-order valence-electron chi connectivity index (χ2n) is 10.3. The van der Waals surface area contributed by atoms with Crippen LogP contribution >= 0.6 is 11.3 Å². The molecule has 6 N–H and O–H groups in total. The van der Waals surface area contributed by atoms with E-state index >= 15 is 0 Å². The molecular weight excluding hydrogens is 604 g/mol. The van der Waals surface area contributed by atoms with Crippen molar-refractivity contribution in [3.63, 3.8) is 0 Å². The van der Waals surface area contributed by atoms with E-state index in [1.54, 1.807) is 42.7 Å². The Balaban J connectivity index is 0.000000289. The van der Waals surface area contributed by atoms with Crippen molar-refractivity contribution >= 4 is 35.9 Å². The molecule has 2 atom stereocenters. The van der Waals surface area contributed by atoms with Crippen molar-refractivity contribution in [2.45, 2.75) is 38.8 Å². The lowest BCUT2D eigenvalue weighted by molar-refractivity contribution is -0.138. The van der Waals surface area contributed by atoms with Crippen molar-refractivity contribution in [2.24, 2.45) is 11.7 Å². The van der Waals surface area contributed by atoms with Gasteiger partial charge in [-0.3, -0.25) is 19.8 Å². The Morgan fingerprint density at radius 3 is 2.42 bits per heavy atom. The molecule has 1 aliphatic carbocycles. The lowest BCUT2D eigenvalue weighted by Gasteiger charge is -2.23. The van der Waals surface area contributed by atoms with Crippen LogP contribution in [0.5, 0.6) is 0 Å². The highest BCUT2D eigenvalue weighted by Crippen LogP contribution is 2.50. The number of ether oxygens (including phenoxy) is 1. The number of aryl methyl sites for hydroxylation is 2. The van der Waals surface area contributed by atoms with Crippen LogP contribution in [0.3, 0.4) is 0 Å². The highest BCUT2D eigenvalue weighted by molar-refractivity contribution is 7.10. The van der Waals surface area contributed by atoms with Crippen LogP contribution in [0.1, 0.15) is 33.6 Å². The number of nitrogens with zero attached hydrogens (tertiary/aromatic N) is 1. The first-order valence-electron chi connectivity index (χ1n) is 14.1. The summed E-state index contributed by atoms with van der Waals surface area (Å²) < 4.78 is 33.3. The first kappa shape index (κ1) is 37.0. The van der Waals surface area contributed by atoms with E-state index in [4.69, 9.17) is 15.3 Å². The van der Waals surface area contributed by atoms with Gasteiger partial charge in [0, 0.05) is 42.7 Å². The molecule has 1 saturated heterocycles. The SMILES string of the molecule is CO.COCC1CC(C(=O)NCc2cc(C)cs2)N(C(=O)CNC=O)C1.Cc1ccc2c(c1)-c1ccccc1C2(F)F.N=CN. The van der Waals surface area contributed by atoms with Crippen LogP contribution in [0.25, 0.3) is 11.1 Å². The van der Waals surface area contributed by atoms with E-state index in [0.29, 0.717) is 43.7 Å². The van der Waals surface area contributed by atoms with Gasteiger partial charge in [0.25, 0.3) is 5.92 Å². The number of likely N-dealkylation sites (tertiary alicyclic amines) is 1. The van der Waals surface area contributed by atoms with E-state index in [-0.39, 0.29) is 35.4 Å². The summed E-state index contributed by atoms with van der Waals surface area (Å²) in [4.78, 5) is 37.8. The van der Waals surface area contributed by atoms with Gasteiger partial charge in [-0.05, 0) is 48.4 Å². The predicted molar refractivity (Wildman–Crippen MR) is 171 cm³/mol. The fourth-order valence-corrected chi connectivity index (χ4v) is 6.02. The fourth-order valence-electron chi connectivity index (χ4n) is 5.20. The van der Waals surface area contributed by atoms with Gasteiger partial charge in [0.15, 0.2) is 0 Å². The van der Waals surface area contributed by atoms with Gasteiger partial charge in [0.1, 0.15) is 6.04 Å². The number of hydrogen-bond acceptors (Lipinski definition) is 7. The Kier molecular flexibility index (Phi) is 14.7. The maximum atomic E-state index is 14.1. The van der Waals surface area contributed by atoms with Crippen molar-refractivity contribution < 1.29 is 33.0 Å². The molecule has 2 aliphatic rings. The number of fused-ring (bicyclic) bond motifs is 3. The minimum Gasteiger partial charge on any atom is -0.400 e. The number of carbonyl (C=O) groups is 3. The first-order chi connectivity index (χ1) is 21.6. The summed E-state index contributed by atoms with van der Waals surface area (Å²) in [7, 11) is 2.60. The third-order valence-corrected chi connectivity index (χ3v) is 8.09.